The van der Waals surface area contributed by atoms with Crippen LogP contribution in [0.2, 0.25) is 0 Å². The van der Waals surface area contributed by atoms with Crippen LogP contribution in [0.4, 0.5) is 5.69 Å². The van der Waals surface area contributed by atoms with Gasteiger partial charge in [-0.05, 0) is 30.7 Å². The Kier molecular flexibility index (Phi) is 5.09. The molecule has 0 atom stereocenters. The summed E-state index contributed by atoms with van der Waals surface area (Å²) in [5, 5.41) is 2.86. The molecule has 0 aliphatic heterocycles. The van der Waals surface area contributed by atoms with Gasteiger partial charge in [0.1, 0.15) is 4.99 Å². The first-order valence-corrected chi connectivity index (χ1v) is 7.60. The third kappa shape index (κ3) is 4.37. The summed E-state index contributed by atoms with van der Waals surface area (Å²) < 4.78 is 0.855. The summed E-state index contributed by atoms with van der Waals surface area (Å²) in [7, 11) is 0. The van der Waals surface area contributed by atoms with Crippen molar-refractivity contribution >= 4 is 44.7 Å². The van der Waals surface area contributed by atoms with E-state index in [1.807, 2.05) is 37.3 Å². The number of benzene rings is 2. The van der Waals surface area contributed by atoms with Crippen molar-refractivity contribution in [3.05, 3.63) is 63.6 Å². The molecule has 3 N–H and O–H groups in total. The maximum atomic E-state index is 12.2. The first-order chi connectivity index (χ1) is 9.95. The van der Waals surface area contributed by atoms with E-state index < -0.39 is 0 Å². The molecule has 2 aromatic carbocycles. The highest BCUT2D eigenvalue weighted by atomic mass is 79.9. The molecule has 0 spiro atoms. The molecule has 2 rings (SSSR count). The van der Waals surface area contributed by atoms with Crippen LogP contribution in [0.15, 0.2) is 46.9 Å². The van der Waals surface area contributed by atoms with Gasteiger partial charge in [-0.1, -0.05) is 58.0 Å². The highest BCUT2D eigenvalue weighted by molar-refractivity contribution is 9.10. The molecule has 0 radical (unpaired) electrons. The maximum Gasteiger partial charge on any atom is 0.228 e. The zero-order valence-electron chi connectivity index (χ0n) is 11.5. The van der Waals surface area contributed by atoms with Gasteiger partial charge in [0.05, 0.1) is 12.1 Å². The van der Waals surface area contributed by atoms with E-state index in [9.17, 15) is 4.79 Å². The van der Waals surface area contributed by atoms with Crippen LogP contribution in [0, 0.1) is 6.92 Å². The Hall–Kier alpha value is -1.72. The van der Waals surface area contributed by atoms with E-state index in [0.717, 1.165) is 15.6 Å². The molecule has 1 amide bonds. The normalized spacial score (nSPS) is 10.2. The fourth-order valence-corrected chi connectivity index (χ4v) is 2.58. The van der Waals surface area contributed by atoms with E-state index >= 15 is 0 Å². The molecule has 108 valence electrons. The Morgan fingerprint density at radius 1 is 1.29 bits per heavy atom. The van der Waals surface area contributed by atoms with E-state index in [-0.39, 0.29) is 10.9 Å². The molecule has 0 heterocycles. The number of nitrogens with two attached hydrogens (primary N) is 1. The van der Waals surface area contributed by atoms with Crippen molar-refractivity contribution in [1.29, 1.82) is 0 Å². The number of hydrogen-bond acceptors (Lipinski definition) is 2. The lowest BCUT2D eigenvalue weighted by atomic mass is 10.1. The molecule has 0 aromatic heterocycles. The van der Waals surface area contributed by atoms with Gasteiger partial charge in [-0.3, -0.25) is 4.79 Å². The molecular formula is C16H15BrN2OS. The van der Waals surface area contributed by atoms with Crippen molar-refractivity contribution in [2.24, 2.45) is 5.73 Å². The van der Waals surface area contributed by atoms with Crippen LogP contribution in [0.25, 0.3) is 0 Å². The monoisotopic (exact) mass is 362 g/mol. The lowest BCUT2D eigenvalue weighted by Gasteiger charge is -2.11. The Morgan fingerprint density at radius 2 is 2.05 bits per heavy atom. The van der Waals surface area contributed by atoms with Crippen molar-refractivity contribution in [1.82, 2.24) is 0 Å². The van der Waals surface area contributed by atoms with Gasteiger partial charge >= 0.3 is 0 Å². The third-order valence-electron chi connectivity index (χ3n) is 2.97. The Balaban J connectivity index is 2.16. The van der Waals surface area contributed by atoms with Crippen molar-refractivity contribution in [2.45, 2.75) is 13.3 Å². The van der Waals surface area contributed by atoms with Gasteiger partial charge in [-0.15, -0.1) is 0 Å². The number of carbonyl (C=O) groups is 1. The van der Waals surface area contributed by atoms with Crippen LogP contribution < -0.4 is 11.1 Å². The third-order valence-corrected chi connectivity index (χ3v) is 3.68. The molecule has 0 aliphatic carbocycles. The number of anilines is 1. The van der Waals surface area contributed by atoms with E-state index in [1.165, 1.54) is 0 Å². The van der Waals surface area contributed by atoms with Gasteiger partial charge in [0, 0.05) is 10.0 Å². The molecule has 0 saturated carbocycles. The minimum atomic E-state index is -0.101. The molecule has 0 bridgehead atoms. The van der Waals surface area contributed by atoms with Gasteiger partial charge < -0.3 is 11.1 Å². The maximum absolute atomic E-state index is 12.2. The van der Waals surface area contributed by atoms with Crippen molar-refractivity contribution in [3.8, 4) is 0 Å². The molecule has 0 fully saturated rings. The minimum absolute atomic E-state index is 0.101. The predicted molar refractivity (Wildman–Crippen MR) is 93.5 cm³/mol. The highest BCUT2D eigenvalue weighted by Gasteiger charge is 2.10. The molecular weight excluding hydrogens is 348 g/mol. The number of rotatable bonds is 4. The lowest BCUT2D eigenvalue weighted by Crippen LogP contribution is -2.19. The largest absolute Gasteiger partial charge is 0.389 e. The topological polar surface area (TPSA) is 55.1 Å². The highest BCUT2D eigenvalue weighted by Crippen LogP contribution is 2.22. The molecule has 5 heteroatoms. The minimum Gasteiger partial charge on any atom is -0.389 e. The summed E-state index contributed by atoms with van der Waals surface area (Å²) in [4.78, 5) is 12.4. The van der Waals surface area contributed by atoms with Gasteiger partial charge in [0.15, 0.2) is 0 Å². The van der Waals surface area contributed by atoms with E-state index in [0.29, 0.717) is 17.7 Å². The summed E-state index contributed by atoms with van der Waals surface area (Å²) in [6.07, 6.45) is 0.310. The van der Waals surface area contributed by atoms with Crippen LogP contribution in [0.3, 0.4) is 0 Å². The van der Waals surface area contributed by atoms with Gasteiger partial charge in [0.25, 0.3) is 0 Å². The van der Waals surface area contributed by atoms with Crippen LogP contribution in [-0.2, 0) is 11.2 Å². The van der Waals surface area contributed by atoms with Crippen LogP contribution in [0.1, 0.15) is 16.7 Å². The standard InChI is InChI=1S/C16H15BrN2OS/c1-10-3-2-4-11(7-10)8-15(20)19-14-9-12(17)5-6-13(14)16(18)21/h2-7,9H,8H2,1H3,(H2,18,21)(H,19,20). The summed E-state index contributed by atoms with van der Waals surface area (Å²) in [5.74, 6) is -0.101. The Labute approximate surface area is 137 Å². The second kappa shape index (κ2) is 6.83. The number of thiocarbonyl (C=S) groups is 1. The quantitative estimate of drug-likeness (QED) is 0.817. The Morgan fingerprint density at radius 3 is 2.71 bits per heavy atom. The second-order valence-electron chi connectivity index (χ2n) is 4.77. The van der Waals surface area contributed by atoms with Crippen LogP contribution >= 0.6 is 28.1 Å². The fourth-order valence-electron chi connectivity index (χ4n) is 2.04. The van der Waals surface area contributed by atoms with Crippen molar-refractivity contribution in [2.75, 3.05) is 5.32 Å². The van der Waals surface area contributed by atoms with Gasteiger partial charge in [0.2, 0.25) is 5.91 Å². The number of amides is 1. The van der Waals surface area contributed by atoms with E-state index in [2.05, 4.69) is 21.2 Å². The zero-order valence-corrected chi connectivity index (χ0v) is 13.9. The number of halogens is 1. The summed E-state index contributed by atoms with van der Waals surface area (Å²) in [5.41, 5.74) is 9.06. The lowest BCUT2D eigenvalue weighted by molar-refractivity contribution is -0.115. The van der Waals surface area contributed by atoms with Crippen LogP contribution in [-0.4, -0.2) is 10.9 Å². The fraction of sp³-hybridized carbons (Fsp3) is 0.125. The molecule has 0 saturated heterocycles. The molecule has 0 unspecified atom stereocenters. The molecule has 3 nitrogen and oxygen atoms in total. The van der Waals surface area contributed by atoms with E-state index in [1.54, 1.807) is 12.1 Å². The zero-order chi connectivity index (χ0) is 15.4. The number of carbonyl (C=O) groups excluding carboxylic acids is 1. The van der Waals surface area contributed by atoms with Crippen molar-refractivity contribution in [3.63, 3.8) is 0 Å². The summed E-state index contributed by atoms with van der Waals surface area (Å²) >= 11 is 8.38. The predicted octanol–water partition coefficient (Wildman–Crippen LogP) is 3.57. The molecule has 0 aliphatic rings. The molecule has 2 aromatic rings. The van der Waals surface area contributed by atoms with E-state index in [4.69, 9.17) is 18.0 Å². The van der Waals surface area contributed by atoms with Crippen LogP contribution in [0.5, 0.6) is 0 Å². The van der Waals surface area contributed by atoms with Crippen molar-refractivity contribution < 1.29 is 4.79 Å². The van der Waals surface area contributed by atoms with Gasteiger partial charge in [-0.25, -0.2) is 0 Å². The first kappa shape index (κ1) is 15.7. The SMILES string of the molecule is Cc1cccc(CC(=O)Nc2cc(Br)ccc2C(N)=S)c1. The molecule has 21 heavy (non-hydrogen) atoms. The Bertz CT molecular complexity index is 700. The second-order valence-corrected chi connectivity index (χ2v) is 6.12. The smallest absolute Gasteiger partial charge is 0.228 e. The number of hydrogen-bond donors (Lipinski definition) is 2. The number of nitrogens with one attached hydrogen (secondary N) is 1. The summed E-state index contributed by atoms with van der Waals surface area (Å²) in [6.45, 7) is 2.00. The van der Waals surface area contributed by atoms with Gasteiger partial charge in [-0.2, -0.15) is 0 Å². The number of aryl methyl sites for hydroxylation is 1. The average molecular weight is 363 g/mol. The summed E-state index contributed by atoms with van der Waals surface area (Å²) in [6, 6.07) is 13.3. The first-order valence-electron chi connectivity index (χ1n) is 6.40. The average Bonchev–Trinajstić information content (AvgIpc) is 2.38.